The number of aromatic nitrogens is 1. The van der Waals surface area contributed by atoms with Gasteiger partial charge in [0, 0.05) is 17.3 Å². The first-order valence-corrected chi connectivity index (χ1v) is 7.63. The summed E-state index contributed by atoms with van der Waals surface area (Å²) in [6, 6.07) is 10.6. The van der Waals surface area contributed by atoms with Crippen molar-refractivity contribution in [2.75, 3.05) is 6.54 Å². The lowest BCUT2D eigenvalue weighted by Crippen LogP contribution is -2.17. The van der Waals surface area contributed by atoms with Gasteiger partial charge in [0.1, 0.15) is 0 Å². The quantitative estimate of drug-likeness (QED) is 0.839. The lowest BCUT2D eigenvalue weighted by atomic mass is 9.98. The third kappa shape index (κ3) is 4.44. The number of hydrogen-bond donors (Lipinski definition) is 1. The van der Waals surface area contributed by atoms with Crippen molar-refractivity contribution in [1.29, 1.82) is 0 Å². The van der Waals surface area contributed by atoms with Crippen molar-refractivity contribution in [3.63, 3.8) is 0 Å². The summed E-state index contributed by atoms with van der Waals surface area (Å²) in [6.07, 6.45) is 1.07. The molecule has 0 aliphatic carbocycles. The summed E-state index contributed by atoms with van der Waals surface area (Å²) < 4.78 is 0. The largest absolute Gasteiger partial charge is 0.311 e. The van der Waals surface area contributed by atoms with Crippen molar-refractivity contribution in [2.24, 2.45) is 0 Å². The molecule has 1 N–H and O–H groups in total. The van der Waals surface area contributed by atoms with Gasteiger partial charge in [0.2, 0.25) is 0 Å². The van der Waals surface area contributed by atoms with E-state index in [-0.39, 0.29) is 5.41 Å². The van der Waals surface area contributed by atoms with Gasteiger partial charge in [-0.25, -0.2) is 4.98 Å². The van der Waals surface area contributed by atoms with Crippen LogP contribution in [0.1, 0.15) is 37.0 Å². The van der Waals surface area contributed by atoms with Gasteiger partial charge in [0.05, 0.1) is 10.7 Å². The zero-order chi connectivity index (χ0) is 13.7. The molecule has 0 spiro atoms. The van der Waals surface area contributed by atoms with Crippen molar-refractivity contribution in [3.8, 4) is 0 Å². The fraction of sp³-hybridized carbons (Fsp3) is 0.438. The van der Waals surface area contributed by atoms with Crippen molar-refractivity contribution in [3.05, 3.63) is 52.0 Å². The van der Waals surface area contributed by atoms with Crippen molar-refractivity contribution >= 4 is 11.3 Å². The monoisotopic (exact) mass is 274 g/mol. The summed E-state index contributed by atoms with van der Waals surface area (Å²) in [5.41, 5.74) is 2.69. The van der Waals surface area contributed by atoms with E-state index < -0.39 is 0 Å². The third-order valence-corrected chi connectivity index (χ3v) is 4.25. The summed E-state index contributed by atoms with van der Waals surface area (Å²) in [5.74, 6) is 0. The Morgan fingerprint density at radius 2 is 1.89 bits per heavy atom. The molecule has 102 valence electrons. The number of thiazole rings is 1. The molecule has 1 heterocycles. The smallest absolute Gasteiger partial charge is 0.0982 e. The summed E-state index contributed by atoms with van der Waals surface area (Å²) in [5, 5.41) is 6.84. The fourth-order valence-corrected chi connectivity index (χ4v) is 2.73. The molecule has 0 radical (unpaired) electrons. The molecule has 2 aromatic rings. The van der Waals surface area contributed by atoms with E-state index in [0.29, 0.717) is 0 Å². The Morgan fingerprint density at radius 3 is 2.53 bits per heavy atom. The third-order valence-electron chi connectivity index (χ3n) is 2.93. The van der Waals surface area contributed by atoms with E-state index in [1.165, 1.54) is 10.6 Å². The Kier molecular flexibility index (Phi) is 4.72. The van der Waals surface area contributed by atoms with Crippen LogP contribution in [0.2, 0.25) is 0 Å². The highest BCUT2D eigenvalue weighted by Crippen LogP contribution is 2.25. The van der Waals surface area contributed by atoms with Crippen molar-refractivity contribution < 1.29 is 0 Å². The van der Waals surface area contributed by atoms with Crippen LogP contribution in [0.3, 0.4) is 0 Å². The molecule has 0 fully saturated rings. The minimum absolute atomic E-state index is 0.160. The lowest BCUT2D eigenvalue weighted by Gasteiger charge is -2.13. The van der Waals surface area contributed by atoms with E-state index >= 15 is 0 Å². The van der Waals surface area contributed by atoms with Crippen molar-refractivity contribution in [1.82, 2.24) is 10.3 Å². The van der Waals surface area contributed by atoms with Crippen LogP contribution in [0.5, 0.6) is 0 Å². The van der Waals surface area contributed by atoms with Crippen LogP contribution in [0, 0.1) is 0 Å². The van der Waals surface area contributed by atoms with Gasteiger partial charge in [-0.1, -0.05) is 51.1 Å². The number of benzene rings is 1. The van der Waals surface area contributed by atoms with Gasteiger partial charge in [0.15, 0.2) is 0 Å². The molecular weight excluding hydrogens is 252 g/mol. The molecule has 2 nitrogen and oxygen atoms in total. The predicted octanol–water partition coefficient (Wildman–Crippen LogP) is 3.77. The molecule has 0 unspecified atom stereocenters. The molecule has 0 saturated carbocycles. The average Bonchev–Trinajstić information content (AvgIpc) is 2.85. The SMILES string of the molecule is CC(C)(C)c1nc(CNCCc2ccccc2)cs1. The standard InChI is InChI=1S/C16H22N2S/c1-16(2,3)15-18-14(12-19-15)11-17-10-9-13-7-5-4-6-8-13/h4-8,12,17H,9-11H2,1-3H3. The van der Waals surface area contributed by atoms with Gasteiger partial charge in [0.25, 0.3) is 0 Å². The second kappa shape index (κ2) is 6.31. The second-order valence-corrected chi connectivity index (χ2v) is 6.66. The van der Waals surface area contributed by atoms with E-state index in [1.54, 1.807) is 11.3 Å². The minimum atomic E-state index is 0.160. The maximum atomic E-state index is 4.68. The fourth-order valence-electron chi connectivity index (χ4n) is 1.83. The minimum Gasteiger partial charge on any atom is -0.311 e. The Bertz CT molecular complexity index is 497. The molecule has 0 atom stereocenters. The van der Waals surface area contributed by atoms with Crippen LogP contribution >= 0.6 is 11.3 Å². The van der Waals surface area contributed by atoms with Crippen LogP contribution in [-0.4, -0.2) is 11.5 Å². The number of nitrogens with one attached hydrogen (secondary N) is 1. The molecule has 0 amide bonds. The molecular formula is C16H22N2S. The molecule has 19 heavy (non-hydrogen) atoms. The van der Waals surface area contributed by atoms with Gasteiger partial charge in [-0.15, -0.1) is 11.3 Å². The number of hydrogen-bond acceptors (Lipinski definition) is 3. The highest BCUT2D eigenvalue weighted by atomic mass is 32.1. The maximum absolute atomic E-state index is 4.68. The molecule has 0 bridgehead atoms. The Labute approximate surface area is 119 Å². The molecule has 0 saturated heterocycles. The van der Waals surface area contributed by atoms with E-state index in [2.05, 4.69) is 66.8 Å². The Hall–Kier alpha value is -1.19. The van der Waals surface area contributed by atoms with Crippen molar-refractivity contribution in [2.45, 2.75) is 39.2 Å². The van der Waals surface area contributed by atoms with Gasteiger partial charge in [-0.05, 0) is 18.5 Å². The lowest BCUT2D eigenvalue weighted by molar-refractivity contribution is 0.579. The number of nitrogens with zero attached hydrogens (tertiary/aromatic N) is 1. The highest BCUT2D eigenvalue weighted by Gasteiger charge is 2.17. The first kappa shape index (κ1) is 14.2. The predicted molar refractivity (Wildman–Crippen MR) is 82.7 cm³/mol. The zero-order valence-corrected chi connectivity index (χ0v) is 12.8. The van der Waals surface area contributed by atoms with Gasteiger partial charge >= 0.3 is 0 Å². The molecule has 1 aromatic carbocycles. The summed E-state index contributed by atoms with van der Waals surface area (Å²) in [6.45, 7) is 8.47. The molecule has 0 aliphatic rings. The summed E-state index contributed by atoms with van der Waals surface area (Å²) >= 11 is 1.76. The molecule has 0 aliphatic heterocycles. The highest BCUT2D eigenvalue weighted by molar-refractivity contribution is 7.09. The van der Waals surface area contributed by atoms with E-state index in [9.17, 15) is 0 Å². The zero-order valence-electron chi connectivity index (χ0n) is 11.9. The van der Waals surface area contributed by atoms with E-state index in [1.807, 2.05) is 0 Å². The second-order valence-electron chi connectivity index (χ2n) is 5.81. The van der Waals surface area contributed by atoms with Crippen LogP contribution in [-0.2, 0) is 18.4 Å². The maximum Gasteiger partial charge on any atom is 0.0982 e. The molecule has 3 heteroatoms. The number of rotatable bonds is 5. The van der Waals surface area contributed by atoms with Crippen LogP contribution in [0.25, 0.3) is 0 Å². The van der Waals surface area contributed by atoms with E-state index in [4.69, 9.17) is 0 Å². The normalized spacial score (nSPS) is 11.7. The first-order valence-electron chi connectivity index (χ1n) is 6.75. The summed E-state index contributed by atoms with van der Waals surface area (Å²) in [4.78, 5) is 4.68. The van der Waals surface area contributed by atoms with Gasteiger partial charge < -0.3 is 5.32 Å². The summed E-state index contributed by atoms with van der Waals surface area (Å²) in [7, 11) is 0. The molecule has 2 rings (SSSR count). The Morgan fingerprint density at radius 1 is 1.16 bits per heavy atom. The Balaban J connectivity index is 1.76. The average molecular weight is 274 g/mol. The van der Waals surface area contributed by atoms with Gasteiger partial charge in [-0.3, -0.25) is 0 Å². The first-order chi connectivity index (χ1) is 9.05. The van der Waals surface area contributed by atoms with E-state index in [0.717, 1.165) is 25.2 Å². The van der Waals surface area contributed by atoms with Gasteiger partial charge in [-0.2, -0.15) is 0 Å². The topological polar surface area (TPSA) is 24.9 Å². The molecule has 1 aromatic heterocycles. The van der Waals surface area contributed by atoms with Crippen LogP contribution < -0.4 is 5.32 Å². The van der Waals surface area contributed by atoms with Crippen LogP contribution in [0.15, 0.2) is 35.7 Å². The van der Waals surface area contributed by atoms with Crippen LogP contribution in [0.4, 0.5) is 0 Å².